The summed E-state index contributed by atoms with van der Waals surface area (Å²) in [4.78, 5) is 12.2. The van der Waals surface area contributed by atoms with Gasteiger partial charge in [0.1, 0.15) is 11.6 Å². The number of carbonyl (C=O) groups is 1. The minimum Gasteiger partial charge on any atom is -0.454 e. The molecule has 0 aliphatic carbocycles. The van der Waals surface area contributed by atoms with Crippen molar-refractivity contribution in [3.8, 4) is 17.6 Å². The quantitative estimate of drug-likeness (QED) is 0.604. The number of ether oxygens (including phenoxy) is 2. The van der Waals surface area contributed by atoms with Crippen LogP contribution in [0.3, 0.4) is 0 Å². The molecular formula is C19H16ClN3O3. The number of hydrogen-bond donors (Lipinski definition) is 2. The maximum absolute atomic E-state index is 12.2. The Bertz CT molecular complexity index is 873. The van der Waals surface area contributed by atoms with Crippen LogP contribution in [0.5, 0.6) is 11.5 Å². The summed E-state index contributed by atoms with van der Waals surface area (Å²) >= 11 is 5.83. The molecule has 0 unspecified atom stereocenters. The summed E-state index contributed by atoms with van der Waals surface area (Å²) in [6.07, 6.45) is 1.41. The van der Waals surface area contributed by atoms with Gasteiger partial charge in [-0.05, 0) is 35.4 Å². The van der Waals surface area contributed by atoms with E-state index in [0.29, 0.717) is 23.1 Å². The van der Waals surface area contributed by atoms with Gasteiger partial charge in [0.2, 0.25) is 6.79 Å². The maximum atomic E-state index is 12.2. The lowest BCUT2D eigenvalue weighted by atomic mass is 10.2. The third kappa shape index (κ3) is 4.47. The Kier molecular flexibility index (Phi) is 5.62. The van der Waals surface area contributed by atoms with Crippen molar-refractivity contribution in [1.82, 2.24) is 10.6 Å². The van der Waals surface area contributed by atoms with Gasteiger partial charge in [0, 0.05) is 24.3 Å². The number of amides is 1. The van der Waals surface area contributed by atoms with Crippen molar-refractivity contribution in [2.24, 2.45) is 0 Å². The molecule has 0 bridgehead atoms. The number of fused-ring (bicyclic) bond motifs is 1. The van der Waals surface area contributed by atoms with Gasteiger partial charge < -0.3 is 20.1 Å². The van der Waals surface area contributed by atoms with Gasteiger partial charge in [-0.15, -0.1) is 0 Å². The number of nitriles is 1. The van der Waals surface area contributed by atoms with E-state index in [0.717, 1.165) is 11.1 Å². The zero-order valence-electron chi connectivity index (χ0n) is 13.8. The van der Waals surface area contributed by atoms with E-state index in [-0.39, 0.29) is 18.9 Å². The molecule has 0 radical (unpaired) electrons. The average molecular weight is 370 g/mol. The van der Waals surface area contributed by atoms with E-state index in [1.165, 1.54) is 6.20 Å². The molecule has 0 saturated heterocycles. The molecule has 1 heterocycles. The van der Waals surface area contributed by atoms with Crippen molar-refractivity contribution >= 4 is 17.5 Å². The molecule has 2 N–H and O–H groups in total. The molecule has 1 amide bonds. The van der Waals surface area contributed by atoms with E-state index in [9.17, 15) is 10.1 Å². The van der Waals surface area contributed by atoms with Crippen LogP contribution in [-0.4, -0.2) is 12.7 Å². The fourth-order valence-electron chi connectivity index (χ4n) is 2.35. The summed E-state index contributed by atoms with van der Waals surface area (Å²) in [5.74, 6) is 0.885. The zero-order chi connectivity index (χ0) is 18.4. The van der Waals surface area contributed by atoms with Gasteiger partial charge in [0.05, 0.1) is 0 Å². The Hall–Kier alpha value is -3.17. The van der Waals surface area contributed by atoms with E-state index >= 15 is 0 Å². The second-order valence-electron chi connectivity index (χ2n) is 5.55. The monoisotopic (exact) mass is 369 g/mol. The van der Waals surface area contributed by atoms with Gasteiger partial charge in [-0.2, -0.15) is 5.26 Å². The highest BCUT2D eigenvalue weighted by Crippen LogP contribution is 2.32. The van der Waals surface area contributed by atoms with Crippen LogP contribution >= 0.6 is 11.6 Å². The first kappa shape index (κ1) is 17.6. The number of rotatable bonds is 6. The lowest BCUT2D eigenvalue weighted by Gasteiger charge is -2.06. The Morgan fingerprint density at radius 2 is 1.85 bits per heavy atom. The predicted octanol–water partition coefficient (Wildman–Crippen LogP) is 2.88. The maximum Gasteiger partial charge on any atom is 0.263 e. The van der Waals surface area contributed by atoms with Gasteiger partial charge in [0.15, 0.2) is 11.5 Å². The summed E-state index contributed by atoms with van der Waals surface area (Å²) in [5.41, 5.74) is 1.84. The van der Waals surface area contributed by atoms with E-state index in [1.54, 1.807) is 24.3 Å². The summed E-state index contributed by atoms with van der Waals surface area (Å²) in [6, 6.07) is 14.6. The minimum atomic E-state index is -0.450. The molecule has 2 aromatic rings. The number of hydrogen-bond acceptors (Lipinski definition) is 5. The number of nitrogens with zero attached hydrogens (tertiary/aromatic N) is 1. The molecule has 1 aliphatic heterocycles. The molecule has 0 spiro atoms. The van der Waals surface area contributed by atoms with Crippen molar-refractivity contribution in [3.63, 3.8) is 0 Å². The number of halogens is 1. The normalized spacial score (nSPS) is 12.4. The van der Waals surface area contributed by atoms with E-state index < -0.39 is 5.91 Å². The SMILES string of the molecule is N#C/C(=C/NCc1ccc(Cl)cc1)C(=O)NCc1ccc2c(c1)OCO2. The van der Waals surface area contributed by atoms with Crippen LogP contribution < -0.4 is 20.1 Å². The van der Waals surface area contributed by atoms with E-state index in [2.05, 4.69) is 10.6 Å². The smallest absolute Gasteiger partial charge is 0.263 e. The highest BCUT2D eigenvalue weighted by Gasteiger charge is 2.14. The highest BCUT2D eigenvalue weighted by molar-refractivity contribution is 6.30. The predicted molar refractivity (Wildman–Crippen MR) is 96.4 cm³/mol. The van der Waals surface area contributed by atoms with Crippen LogP contribution in [0.2, 0.25) is 5.02 Å². The van der Waals surface area contributed by atoms with Gasteiger partial charge in [-0.1, -0.05) is 29.8 Å². The molecule has 0 atom stereocenters. The molecule has 2 aromatic carbocycles. The van der Waals surface area contributed by atoms with Crippen molar-refractivity contribution in [2.75, 3.05) is 6.79 Å². The topological polar surface area (TPSA) is 83.4 Å². The summed E-state index contributed by atoms with van der Waals surface area (Å²) in [5, 5.41) is 15.5. The highest BCUT2D eigenvalue weighted by atomic mass is 35.5. The second-order valence-corrected chi connectivity index (χ2v) is 5.98. The average Bonchev–Trinajstić information content (AvgIpc) is 3.12. The molecule has 6 nitrogen and oxygen atoms in total. The van der Waals surface area contributed by atoms with Gasteiger partial charge in [0.25, 0.3) is 5.91 Å². The van der Waals surface area contributed by atoms with Crippen molar-refractivity contribution in [2.45, 2.75) is 13.1 Å². The van der Waals surface area contributed by atoms with Crippen molar-refractivity contribution < 1.29 is 14.3 Å². The summed E-state index contributed by atoms with van der Waals surface area (Å²) in [7, 11) is 0. The van der Waals surface area contributed by atoms with Gasteiger partial charge >= 0.3 is 0 Å². The van der Waals surface area contributed by atoms with Crippen LogP contribution in [0.4, 0.5) is 0 Å². The first-order chi connectivity index (χ1) is 12.7. The van der Waals surface area contributed by atoms with E-state index in [1.807, 2.05) is 24.3 Å². The number of carbonyl (C=O) groups excluding carboxylic acids is 1. The molecule has 26 heavy (non-hydrogen) atoms. The largest absolute Gasteiger partial charge is 0.454 e. The summed E-state index contributed by atoms with van der Waals surface area (Å²) in [6.45, 7) is 0.967. The first-order valence-electron chi connectivity index (χ1n) is 7.90. The Labute approximate surface area is 156 Å². The second kappa shape index (κ2) is 8.28. The summed E-state index contributed by atoms with van der Waals surface area (Å²) < 4.78 is 10.5. The Morgan fingerprint density at radius 3 is 2.62 bits per heavy atom. The van der Waals surface area contributed by atoms with Crippen molar-refractivity contribution in [3.05, 3.63) is 70.4 Å². The van der Waals surface area contributed by atoms with Gasteiger partial charge in [-0.25, -0.2) is 0 Å². The lowest BCUT2D eigenvalue weighted by Crippen LogP contribution is -2.25. The fourth-order valence-corrected chi connectivity index (χ4v) is 2.48. The number of benzene rings is 2. The first-order valence-corrected chi connectivity index (χ1v) is 8.28. The zero-order valence-corrected chi connectivity index (χ0v) is 14.5. The molecule has 7 heteroatoms. The molecule has 0 saturated carbocycles. The molecule has 132 valence electrons. The molecule has 1 aliphatic rings. The Balaban J connectivity index is 1.53. The van der Waals surface area contributed by atoms with Crippen LogP contribution in [0, 0.1) is 11.3 Å². The van der Waals surface area contributed by atoms with E-state index in [4.69, 9.17) is 21.1 Å². The minimum absolute atomic E-state index is 0.000271. The molecule has 3 rings (SSSR count). The van der Waals surface area contributed by atoms with Crippen molar-refractivity contribution in [1.29, 1.82) is 5.26 Å². The van der Waals surface area contributed by atoms with Gasteiger partial charge in [-0.3, -0.25) is 4.79 Å². The molecule has 0 aromatic heterocycles. The van der Waals surface area contributed by atoms with Crippen LogP contribution in [0.15, 0.2) is 54.2 Å². The fraction of sp³-hybridized carbons (Fsp3) is 0.158. The van der Waals surface area contributed by atoms with Crippen LogP contribution in [0.1, 0.15) is 11.1 Å². The van der Waals surface area contributed by atoms with Crippen LogP contribution in [-0.2, 0) is 17.9 Å². The Morgan fingerprint density at radius 1 is 1.12 bits per heavy atom. The third-order valence-electron chi connectivity index (χ3n) is 3.72. The third-order valence-corrected chi connectivity index (χ3v) is 3.97. The number of nitrogens with one attached hydrogen (secondary N) is 2. The lowest BCUT2D eigenvalue weighted by molar-refractivity contribution is -0.117. The molecular weight excluding hydrogens is 354 g/mol. The molecule has 0 fully saturated rings. The standard InChI is InChI=1S/C19H16ClN3O3/c20-16-4-1-13(2-5-16)9-22-11-15(8-21)19(24)23-10-14-3-6-17-18(7-14)26-12-25-17/h1-7,11,22H,9-10,12H2,(H,23,24)/b15-11-. The van der Waals surface area contributed by atoms with Crippen LogP contribution in [0.25, 0.3) is 0 Å².